The number of phenolic OH excluding ortho intramolecular Hbond substituents is 1. The second-order valence-electron chi connectivity index (χ2n) is 6.80. The van der Waals surface area contributed by atoms with Gasteiger partial charge in [-0.1, -0.05) is 19.9 Å². The molecule has 0 spiro atoms. The number of nitrogens with one attached hydrogen (secondary N) is 1. The number of aromatic hydroxyl groups is 1. The van der Waals surface area contributed by atoms with Crippen LogP contribution < -0.4 is 10.2 Å². The van der Waals surface area contributed by atoms with E-state index in [0.717, 1.165) is 25.2 Å². The summed E-state index contributed by atoms with van der Waals surface area (Å²) in [5.41, 5.74) is 1.88. The van der Waals surface area contributed by atoms with Crippen molar-refractivity contribution in [2.24, 2.45) is 0 Å². The quantitative estimate of drug-likeness (QED) is 0.536. The van der Waals surface area contributed by atoms with E-state index in [-0.39, 0.29) is 11.7 Å². The molecular formula is C21H24N4O3. The molecule has 2 N–H and O–H groups in total. The average molecular weight is 380 g/mol. The summed E-state index contributed by atoms with van der Waals surface area (Å²) in [5, 5.41) is 18.7. The molecule has 0 saturated carbocycles. The molecule has 0 unspecified atom stereocenters. The zero-order valence-electron chi connectivity index (χ0n) is 16.1. The number of nitrogens with zero attached hydrogens (tertiary/aromatic N) is 3. The van der Waals surface area contributed by atoms with Gasteiger partial charge in [0.25, 0.3) is 0 Å². The molecule has 3 aromatic rings. The molecule has 0 saturated heterocycles. The van der Waals surface area contributed by atoms with Gasteiger partial charge < -0.3 is 23.7 Å². The van der Waals surface area contributed by atoms with Gasteiger partial charge in [0.15, 0.2) is 0 Å². The fourth-order valence-electron chi connectivity index (χ4n) is 3.67. The summed E-state index contributed by atoms with van der Waals surface area (Å²) in [6.07, 6.45) is 3.27. The minimum atomic E-state index is -0.310. The third-order valence-electron chi connectivity index (χ3n) is 5.27. The smallest absolute Gasteiger partial charge is 0.228 e. The molecule has 1 aromatic carbocycles. The number of likely N-dealkylation sites (N-methyl/N-ethyl adjacent to an activating group) is 1. The van der Waals surface area contributed by atoms with Gasteiger partial charge in [0.1, 0.15) is 29.1 Å². The molecule has 0 bridgehead atoms. The second-order valence-corrected chi connectivity index (χ2v) is 6.80. The van der Waals surface area contributed by atoms with Crippen LogP contribution in [0.1, 0.15) is 36.7 Å². The third-order valence-corrected chi connectivity index (χ3v) is 5.27. The molecule has 1 aliphatic heterocycles. The molecule has 1 aliphatic rings. The van der Waals surface area contributed by atoms with Crippen LogP contribution in [0.3, 0.4) is 0 Å². The average Bonchev–Trinajstić information content (AvgIpc) is 3.23. The summed E-state index contributed by atoms with van der Waals surface area (Å²) >= 11 is 0. The van der Waals surface area contributed by atoms with Crippen LogP contribution >= 0.6 is 0 Å². The Morgan fingerprint density at radius 1 is 1.25 bits per heavy atom. The van der Waals surface area contributed by atoms with Gasteiger partial charge in [-0.3, -0.25) is 5.41 Å². The molecule has 0 aliphatic carbocycles. The number of hydrogen-bond acceptors (Lipinski definition) is 6. The third kappa shape index (κ3) is 3.18. The van der Waals surface area contributed by atoms with Crippen LogP contribution in [0, 0.1) is 5.41 Å². The molecular weight excluding hydrogens is 356 g/mol. The summed E-state index contributed by atoms with van der Waals surface area (Å²) in [6, 6.07) is 8.73. The van der Waals surface area contributed by atoms with Crippen molar-refractivity contribution < 1.29 is 14.3 Å². The molecule has 0 radical (unpaired) electrons. The van der Waals surface area contributed by atoms with Crippen LogP contribution in [0.5, 0.6) is 17.4 Å². The summed E-state index contributed by atoms with van der Waals surface area (Å²) in [5.74, 6) is 1.44. The van der Waals surface area contributed by atoms with Crippen molar-refractivity contribution in [2.45, 2.75) is 26.3 Å². The number of phenols is 1. The topological polar surface area (TPSA) is 87.5 Å². The van der Waals surface area contributed by atoms with Crippen LogP contribution in [-0.2, 0) is 6.54 Å². The molecule has 146 valence electrons. The molecule has 1 atom stereocenters. The maximum Gasteiger partial charge on any atom is 0.228 e. The van der Waals surface area contributed by atoms with Crippen LogP contribution in [0.2, 0.25) is 0 Å². The fraction of sp³-hybridized carbons (Fsp3) is 0.333. The minimum Gasteiger partial charge on any atom is -0.508 e. The Morgan fingerprint density at radius 3 is 2.79 bits per heavy atom. The predicted octanol–water partition coefficient (Wildman–Crippen LogP) is 3.29. The Balaban J connectivity index is 1.80. The number of fused-ring (bicyclic) bond motifs is 2. The molecule has 2 aromatic heterocycles. The van der Waals surface area contributed by atoms with Gasteiger partial charge in [-0.25, -0.2) is 4.98 Å². The number of rotatable bonds is 6. The van der Waals surface area contributed by atoms with Crippen molar-refractivity contribution in [3.8, 4) is 17.4 Å². The van der Waals surface area contributed by atoms with Crippen molar-refractivity contribution in [1.82, 2.24) is 14.5 Å². The lowest BCUT2D eigenvalue weighted by atomic mass is 9.87. The van der Waals surface area contributed by atoms with E-state index >= 15 is 0 Å². The van der Waals surface area contributed by atoms with Crippen LogP contribution in [0.4, 0.5) is 0 Å². The fourth-order valence-corrected chi connectivity index (χ4v) is 3.67. The normalized spacial score (nSPS) is 15.2. The van der Waals surface area contributed by atoms with Gasteiger partial charge >= 0.3 is 0 Å². The molecule has 3 heterocycles. The first-order valence-corrected chi connectivity index (χ1v) is 9.52. The molecule has 4 rings (SSSR count). The number of ether oxygens (including phenoxy) is 1. The maximum atomic E-state index is 9.85. The first kappa shape index (κ1) is 18.3. The highest BCUT2D eigenvalue weighted by Gasteiger charge is 2.33. The van der Waals surface area contributed by atoms with Gasteiger partial charge in [-0.05, 0) is 31.3 Å². The SMILES string of the molecule is CCN(CC)CCn1cnc2c(c1=N)[C@H](c1ccco1)c1ccc(O)cc1O2. The largest absolute Gasteiger partial charge is 0.508 e. The Kier molecular flexibility index (Phi) is 4.92. The van der Waals surface area contributed by atoms with E-state index in [1.165, 1.54) is 0 Å². The molecule has 0 amide bonds. The Hall–Kier alpha value is -3.06. The summed E-state index contributed by atoms with van der Waals surface area (Å²) < 4.78 is 13.5. The van der Waals surface area contributed by atoms with E-state index in [0.29, 0.717) is 35.0 Å². The Labute approximate surface area is 163 Å². The number of benzene rings is 1. The molecule has 0 fully saturated rings. The van der Waals surface area contributed by atoms with Crippen molar-refractivity contribution >= 4 is 0 Å². The van der Waals surface area contributed by atoms with Crippen molar-refractivity contribution in [2.75, 3.05) is 19.6 Å². The lowest BCUT2D eigenvalue weighted by molar-refractivity contribution is 0.286. The van der Waals surface area contributed by atoms with Crippen LogP contribution in [-0.4, -0.2) is 39.2 Å². The van der Waals surface area contributed by atoms with Gasteiger partial charge in [0.2, 0.25) is 5.88 Å². The van der Waals surface area contributed by atoms with E-state index < -0.39 is 0 Å². The van der Waals surface area contributed by atoms with Crippen LogP contribution in [0.15, 0.2) is 47.3 Å². The zero-order chi connectivity index (χ0) is 19.7. The first-order valence-electron chi connectivity index (χ1n) is 9.52. The van der Waals surface area contributed by atoms with E-state index in [2.05, 4.69) is 23.7 Å². The van der Waals surface area contributed by atoms with Crippen molar-refractivity contribution in [3.63, 3.8) is 0 Å². The van der Waals surface area contributed by atoms with Crippen LogP contribution in [0.25, 0.3) is 0 Å². The van der Waals surface area contributed by atoms with Crippen molar-refractivity contribution in [3.05, 3.63) is 65.3 Å². The van der Waals surface area contributed by atoms with Gasteiger partial charge in [0.05, 0.1) is 17.7 Å². The summed E-state index contributed by atoms with van der Waals surface area (Å²) in [4.78, 5) is 6.79. The zero-order valence-corrected chi connectivity index (χ0v) is 16.1. The number of furan rings is 1. The molecule has 7 heteroatoms. The van der Waals surface area contributed by atoms with Gasteiger partial charge in [0, 0.05) is 24.7 Å². The number of aromatic nitrogens is 2. The first-order chi connectivity index (χ1) is 13.6. The van der Waals surface area contributed by atoms with E-state index in [1.807, 2.05) is 22.8 Å². The predicted molar refractivity (Wildman–Crippen MR) is 104 cm³/mol. The summed E-state index contributed by atoms with van der Waals surface area (Å²) in [6.45, 7) is 7.73. The van der Waals surface area contributed by atoms with E-state index in [1.54, 1.807) is 24.7 Å². The highest BCUT2D eigenvalue weighted by molar-refractivity contribution is 5.55. The minimum absolute atomic E-state index is 0.122. The molecule has 28 heavy (non-hydrogen) atoms. The lowest BCUT2D eigenvalue weighted by Crippen LogP contribution is -2.34. The Bertz CT molecular complexity index is 1020. The Morgan fingerprint density at radius 2 is 2.07 bits per heavy atom. The maximum absolute atomic E-state index is 9.85. The highest BCUT2D eigenvalue weighted by Crippen LogP contribution is 2.45. The van der Waals surface area contributed by atoms with Crippen molar-refractivity contribution in [1.29, 1.82) is 5.41 Å². The monoisotopic (exact) mass is 380 g/mol. The lowest BCUT2D eigenvalue weighted by Gasteiger charge is -2.27. The van der Waals surface area contributed by atoms with Gasteiger partial charge in [-0.2, -0.15) is 0 Å². The van der Waals surface area contributed by atoms with E-state index in [4.69, 9.17) is 14.6 Å². The van der Waals surface area contributed by atoms with E-state index in [9.17, 15) is 5.11 Å². The number of hydrogen-bond donors (Lipinski definition) is 2. The summed E-state index contributed by atoms with van der Waals surface area (Å²) in [7, 11) is 0. The van der Waals surface area contributed by atoms with Gasteiger partial charge in [-0.15, -0.1) is 0 Å². The second kappa shape index (κ2) is 7.52. The standard InChI is InChI=1S/C21H24N4O3/c1-3-24(4-2)9-10-25-13-23-21-19(20(25)22)18(16-6-5-11-27-16)15-8-7-14(26)12-17(15)28-21/h5-8,11-13,18,22,26H,3-4,9-10H2,1-2H3/t18-/m0/s1. The highest BCUT2D eigenvalue weighted by atomic mass is 16.5. The molecule has 7 nitrogen and oxygen atoms in total.